The maximum Gasteiger partial charge on any atom is 0.204 e. The third kappa shape index (κ3) is 1.87. The van der Waals surface area contributed by atoms with Gasteiger partial charge in [0.1, 0.15) is 0 Å². The van der Waals surface area contributed by atoms with Gasteiger partial charge in [0.15, 0.2) is 0 Å². The second-order valence-corrected chi connectivity index (χ2v) is 5.11. The molecule has 2 rings (SSSR count). The molecule has 0 aliphatic carbocycles. The van der Waals surface area contributed by atoms with E-state index in [1.54, 1.807) is 0 Å². The third-order valence-electron chi connectivity index (χ3n) is 2.95. The van der Waals surface area contributed by atoms with E-state index < -0.39 is 5.66 Å². The van der Waals surface area contributed by atoms with Crippen LogP contribution in [-0.4, -0.2) is 5.66 Å². The van der Waals surface area contributed by atoms with Crippen molar-refractivity contribution >= 4 is 0 Å². The van der Waals surface area contributed by atoms with Crippen LogP contribution in [0.2, 0.25) is 0 Å². The average molecular weight is 216 g/mol. The van der Waals surface area contributed by atoms with Gasteiger partial charge in [0.25, 0.3) is 0 Å². The zero-order chi connectivity index (χ0) is 11.6. The Morgan fingerprint density at radius 3 is 2.06 bits per heavy atom. The van der Waals surface area contributed by atoms with Gasteiger partial charge in [-0.3, -0.25) is 0 Å². The van der Waals surface area contributed by atoms with Crippen LogP contribution in [0.5, 0.6) is 0 Å². The lowest BCUT2D eigenvalue weighted by atomic mass is 9.78. The van der Waals surface area contributed by atoms with E-state index in [2.05, 4.69) is 53.6 Å². The number of hydrogen-bond donors (Lipinski definition) is 0. The molecule has 0 spiro atoms. The molecule has 0 aromatic heterocycles. The maximum atomic E-state index is 4.23. The first-order valence-corrected chi connectivity index (χ1v) is 5.42. The molecule has 0 unspecified atom stereocenters. The van der Waals surface area contributed by atoms with Crippen molar-refractivity contribution in [2.24, 2.45) is 26.1 Å². The minimum atomic E-state index is -0.547. The van der Waals surface area contributed by atoms with Crippen LogP contribution in [0.1, 0.15) is 26.3 Å². The summed E-state index contributed by atoms with van der Waals surface area (Å²) in [7, 11) is 0. The van der Waals surface area contributed by atoms with Gasteiger partial charge in [-0.05, 0) is 16.0 Å². The van der Waals surface area contributed by atoms with E-state index in [1.807, 2.05) is 18.2 Å². The van der Waals surface area contributed by atoms with E-state index in [4.69, 9.17) is 0 Å². The molecule has 0 N–H and O–H groups in total. The van der Waals surface area contributed by atoms with Crippen molar-refractivity contribution in [2.75, 3.05) is 0 Å². The highest BCUT2D eigenvalue weighted by atomic mass is 15.6. The van der Waals surface area contributed by atoms with Crippen LogP contribution in [0.3, 0.4) is 0 Å². The molecule has 16 heavy (non-hydrogen) atoms. The highest BCUT2D eigenvalue weighted by molar-refractivity contribution is 5.19. The zero-order valence-corrected chi connectivity index (χ0v) is 9.88. The van der Waals surface area contributed by atoms with Crippen molar-refractivity contribution in [3.05, 3.63) is 35.9 Å². The molecule has 4 nitrogen and oxygen atoms in total. The lowest BCUT2D eigenvalue weighted by molar-refractivity contribution is 0.194. The molecule has 0 amide bonds. The first-order chi connectivity index (χ1) is 7.54. The van der Waals surface area contributed by atoms with Gasteiger partial charge in [0.05, 0.1) is 0 Å². The van der Waals surface area contributed by atoms with E-state index in [9.17, 15) is 0 Å². The highest BCUT2D eigenvalue weighted by Gasteiger charge is 2.45. The van der Waals surface area contributed by atoms with Gasteiger partial charge in [-0.2, -0.15) is 0 Å². The molecule has 0 bridgehead atoms. The molecule has 1 aliphatic heterocycles. The van der Waals surface area contributed by atoms with Crippen LogP contribution in [-0.2, 0) is 6.42 Å². The van der Waals surface area contributed by atoms with E-state index in [-0.39, 0.29) is 5.41 Å². The highest BCUT2D eigenvalue weighted by Crippen LogP contribution is 2.41. The van der Waals surface area contributed by atoms with Gasteiger partial charge in [0.2, 0.25) is 5.66 Å². The second-order valence-electron chi connectivity index (χ2n) is 5.11. The van der Waals surface area contributed by atoms with Crippen molar-refractivity contribution < 1.29 is 0 Å². The normalized spacial score (nSPS) is 17.9. The molecule has 1 aromatic carbocycles. The second kappa shape index (κ2) is 3.77. The van der Waals surface area contributed by atoms with Crippen LogP contribution in [0.25, 0.3) is 0 Å². The van der Waals surface area contributed by atoms with E-state index >= 15 is 0 Å². The fraction of sp³-hybridized carbons (Fsp3) is 0.500. The SMILES string of the molecule is CC(C)(C)C1(Cc2ccccc2)N=NN=N1. The number of benzene rings is 1. The predicted molar refractivity (Wildman–Crippen MR) is 62.0 cm³/mol. The van der Waals surface area contributed by atoms with Crippen molar-refractivity contribution in [3.8, 4) is 0 Å². The van der Waals surface area contributed by atoms with Gasteiger partial charge in [0, 0.05) is 11.8 Å². The Balaban J connectivity index is 2.30. The minimum Gasteiger partial charge on any atom is -0.134 e. The Labute approximate surface area is 95.5 Å². The fourth-order valence-electron chi connectivity index (χ4n) is 1.72. The summed E-state index contributed by atoms with van der Waals surface area (Å²) in [6, 6.07) is 10.2. The van der Waals surface area contributed by atoms with Crippen LogP contribution >= 0.6 is 0 Å². The molecular weight excluding hydrogens is 200 g/mol. The maximum absolute atomic E-state index is 4.23. The van der Waals surface area contributed by atoms with Gasteiger partial charge in [-0.1, -0.05) is 51.1 Å². The fourth-order valence-corrected chi connectivity index (χ4v) is 1.72. The van der Waals surface area contributed by atoms with Gasteiger partial charge in [-0.15, -0.1) is 10.2 Å². The quantitative estimate of drug-likeness (QED) is 0.722. The summed E-state index contributed by atoms with van der Waals surface area (Å²) in [4.78, 5) is 0. The largest absolute Gasteiger partial charge is 0.204 e. The average Bonchev–Trinajstić information content (AvgIpc) is 2.68. The van der Waals surface area contributed by atoms with E-state index in [1.165, 1.54) is 5.56 Å². The number of nitrogens with zero attached hydrogens (tertiary/aromatic N) is 4. The van der Waals surface area contributed by atoms with E-state index in [0.717, 1.165) is 6.42 Å². The molecule has 0 saturated carbocycles. The predicted octanol–water partition coefficient (Wildman–Crippen LogP) is 3.80. The van der Waals surface area contributed by atoms with Crippen molar-refractivity contribution in [3.63, 3.8) is 0 Å². The van der Waals surface area contributed by atoms with Gasteiger partial charge >= 0.3 is 0 Å². The summed E-state index contributed by atoms with van der Waals surface area (Å²) < 4.78 is 0. The molecule has 0 atom stereocenters. The standard InChI is InChI=1S/C12H16N4/c1-11(2,3)12(13-15-16-14-12)9-10-7-5-4-6-8-10/h4-8H,9H2,1-3H3. The Hall–Kier alpha value is -1.58. The van der Waals surface area contributed by atoms with E-state index in [0.29, 0.717) is 0 Å². The Morgan fingerprint density at radius 2 is 1.56 bits per heavy atom. The zero-order valence-electron chi connectivity index (χ0n) is 9.88. The van der Waals surface area contributed by atoms with Crippen molar-refractivity contribution in [2.45, 2.75) is 32.9 Å². The summed E-state index contributed by atoms with van der Waals surface area (Å²) in [5, 5.41) is 15.8. The molecule has 4 heteroatoms. The molecule has 0 fully saturated rings. The molecular formula is C12H16N4. The summed E-state index contributed by atoms with van der Waals surface area (Å²) in [5.74, 6) is 0. The van der Waals surface area contributed by atoms with Crippen LogP contribution in [0.4, 0.5) is 0 Å². The Morgan fingerprint density at radius 1 is 1.00 bits per heavy atom. The van der Waals surface area contributed by atoms with Crippen molar-refractivity contribution in [1.29, 1.82) is 0 Å². The Kier molecular flexibility index (Phi) is 2.58. The lowest BCUT2D eigenvalue weighted by Crippen LogP contribution is -2.39. The summed E-state index contributed by atoms with van der Waals surface area (Å²) in [6.45, 7) is 6.33. The first kappa shape index (κ1) is 10.9. The molecule has 0 saturated heterocycles. The van der Waals surface area contributed by atoms with Crippen LogP contribution < -0.4 is 0 Å². The lowest BCUT2D eigenvalue weighted by Gasteiger charge is -2.33. The topological polar surface area (TPSA) is 49.4 Å². The molecule has 84 valence electrons. The van der Waals surface area contributed by atoms with Crippen LogP contribution in [0.15, 0.2) is 51.0 Å². The summed E-state index contributed by atoms with van der Waals surface area (Å²) in [5.41, 5.74) is 0.568. The molecule has 1 aromatic rings. The van der Waals surface area contributed by atoms with Gasteiger partial charge < -0.3 is 0 Å². The summed E-state index contributed by atoms with van der Waals surface area (Å²) >= 11 is 0. The molecule has 0 radical (unpaired) electrons. The molecule has 1 heterocycles. The number of rotatable bonds is 2. The van der Waals surface area contributed by atoms with Crippen LogP contribution in [0, 0.1) is 5.41 Å². The minimum absolute atomic E-state index is 0.0909. The third-order valence-corrected chi connectivity index (χ3v) is 2.95. The smallest absolute Gasteiger partial charge is 0.134 e. The first-order valence-electron chi connectivity index (χ1n) is 5.42. The number of hydrogen-bond acceptors (Lipinski definition) is 4. The van der Waals surface area contributed by atoms with Gasteiger partial charge in [-0.25, -0.2) is 0 Å². The monoisotopic (exact) mass is 216 g/mol. The molecule has 1 aliphatic rings. The summed E-state index contributed by atoms with van der Waals surface area (Å²) in [6.07, 6.45) is 0.740. The van der Waals surface area contributed by atoms with Crippen molar-refractivity contribution in [1.82, 2.24) is 0 Å². The Bertz CT molecular complexity index is 402.